The number of nitrogens with one attached hydrogen (secondary N) is 2. The van der Waals surface area contributed by atoms with E-state index in [1.807, 2.05) is 86.6 Å². The van der Waals surface area contributed by atoms with Crippen molar-refractivity contribution in [2.75, 3.05) is 26.2 Å². The van der Waals surface area contributed by atoms with Crippen molar-refractivity contribution in [2.24, 2.45) is 5.92 Å². The van der Waals surface area contributed by atoms with E-state index in [0.717, 1.165) is 21.9 Å². The zero-order valence-corrected chi connectivity index (χ0v) is 23.7. The Hall–Kier alpha value is -3.99. The Bertz CT molecular complexity index is 1300. The maximum atomic E-state index is 13.4. The molecule has 3 amide bonds. The van der Waals surface area contributed by atoms with Crippen molar-refractivity contribution in [3.63, 3.8) is 0 Å². The minimum atomic E-state index is -2.67. The molecule has 220 valence electrons. The van der Waals surface area contributed by atoms with Crippen molar-refractivity contribution in [3.05, 3.63) is 83.9 Å². The first-order valence-electron chi connectivity index (χ1n) is 13.6. The van der Waals surface area contributed by atoms with Gasteiger partial charge < -0.3 is 35.2 Å². The summed E-state index contributed by atoms with van der Waals surface area (Å²) in [7, 11) is 0. The molecule has 0 bridgehead atoms. The average molecular weight is 566 g/mol. The first-order valence-corrected chi connectivity index (χ1v) is 13.6. The third-order valence-corrected chi connectivity index (χ3v) is 6.14. The van der Waals surface area contributed by atoms with Gasteiger partial charge in [-0.1, -0.05) is 86.6 Å². The normalized spacial score (nSPS) is 12.1. The number of amides is 3. The molecule has 0 aliphatic heterocycles. The number of urea groups is 1. The molecule has 0 unspecified atom stereocenters. The van der Waals surface area contributed by atoms with Crippen LogP contribution in [0.5, 0.6) is 0 Å². The average Bonchev–Trinajstić information content (AvgIpc) is 2.93. The van der Waals surface area contributed by atoms with Gasteiger partial charge in [-0.2, -0.15) is 0 Å². The van der Waals surface area contributed by atoms with Crippen LogP contribution in [-0.4, -0.2) is 71.3 Å². The summed E-state index contributed by atoms with van der Waals surface area (Å²) < 4.78 is 10.7. The van der Waals surface area contributed by atoms with E-state index >= 15 is 0 Å². The Morgan fingerprint density at radius 1 is 0.927 bits per heavy atom. The number of esters is 1. The van der Waals surface area contributed by atoms with E-state index in [-0.39, 0.29) is 44.5 Å². The summed E-state index contributed by atoms with van der Waals surface area (Å²) >= 11 is 0. The lowest BCUT2D eigenvalue weighted by molar-refractivity contribution is -0.339. The van der Waals surface area contributed by atoms with Gasteiger partial charge in [0.25, 0.3) is 5.97 Å². The van der Waals surface area contributed by atoms with Gasteiger partial charge in [0.05, 0.1) is 6.61 Å². The van der Waals surface area contributed by atoms with Gasteiger partial charge in [0.15, 0.2) is 0 Å². The molecule has 0 heterocycles. The third-order valence-electron chi connectivity index (χ3n) is 6.14. The van der Waals surface area contributed by atoms with Crippen molar-refractivity contribution in [2.45, 2.75) is 45.8 Å². The van der Waals surface area contributed by atoms with Crippen LogP contribution in [0, 0.1) is 5.92 Å². The lowest BCUT2D eigenvalue weighted by atomic mass is 10.0. The minimum absolute atomic E-state index is 0.0279. The number of fused-ring (bicyclic) bond motifs is 1. The quantitative estimate of drug-likeness (QED) is 0.134. The molecule has 0 fully saturated rings. The van der Waals surface area contributed by atoms with E-state index < -0.39 is 30.6 Å². The van der Waals surface area contributed by atoms with Gasteiger partial charge in [0, 0.05) is 26.4 Å². The van der Waals surface area contributed by atoms with Crippen LogP contribution in [0.4, 0.5) is 4.79 Å². The molecular weight excluding hydrogens is 526 g/mol. The highest BCUT2D eigenvalue weighted by molar-refractivity contribution is 5.85. The van der Waals surface area contributed by atoms with E-state index in [1.54, 1.807) is 0 Å². The van der Waals surface area contributed by atoms with Crippen LogP contribution in [0.2, 0.25) is 0 Å². The lowest BCUT2D eigenvalue weighted by Crippen LogP contribution is -2.55. The molecule has 0 aliphatic rings. The summed E-state index contributed by atoms with van der Waals surface area (Å²) in [6.45, 7) is 4.57. The van der Waals surface area contributed by atoms with Gasteiger partial charge in [-0.15, -0.1) is 0 Å². The fourth-order valence-electron chi connectivity index (χ4n) is 4.26. The highest BCUT2D eigenvalue weighted by Crippen LogP contribution is 2.18. The molecule has 1 atom stereocenters. The molecule has 0 radical (unpaired) electrons. The van der Waals surface area contributed by atoms with Crippen molar-refractivity contribution in [3.8, 4) is 0 Å². The zero-order valence-electron chi connectivity index (χ0n) is 23.7. The molecule has 3 aromatic rings. The van der Waals surface area contributed by atoms with Crippen molar-refractivity contribution < 1.29 is 34.1 Å². The van der Waals surface area contributed by atoms with Crippen LogP contribution >= 0.6 is 0 Å². The molecular formula is C31H39N3O7. The molecule has 0 aromatic heterocycles. The smallest absolute Gasteiger partial charge is 0.329 e. The van der Waals surface area contributed by atoms with Gasteiger partial charge in [-0.05, 0) is 27.8 Å². The van der Waals surface area contributed by atoms with Crippen molar-refractivity contribution in [1.82, 2.24) is 15.5 Å². The Morgan fingerprint density at radius 2 is 1.61 bits per heavy atom. The van der Waals surface area contributed by atoms with Gasteiger partial charge >= 0.3 is 12.0 Å². The molecule has 41 heavy (non-hydrogen) atoms. The number of nitrogens with zero attached hydrogens (tertiary/aromatic N) is 1. The number of aliphatic hydroxyl groups is 2. The second kappa shape index (κ2) is 15.1. The summed E-state index contributed by atoms with van der Waals surface area (Å²) in [4.78, 5) is 38.9. The van der Waals surface area contributed by atoms with E-state index in [9.17, 15) is 24.6 Å². The number of ether oxygens (including phenoxy) is 2. The van der Waals surface area contributed by atoms with E-state index in [2.05, 4.69) is 10.6 Å². The molecule has 0 saturated carbocycles. The summed E-state index contributed by atoms with van der Waals surface area (Å²) in [5, 5.41) is 28.1. The van der Waals surface area contributed by atoms with Crippen molar-refractivity contribution in [1.29, 1.82) is 0 Å². The molecule has 0 saturated heterocycles. The van der Waals surface area contributed by atoms with Gasteiger partial charge in [0.2, 0.25) is 5.91 Å². The SMILES string of the molecule is CC(=O)NCCOC(O)(O)CN(CC(C)C)C(=O)N[C@@H](Cc1ccc2ccccc2c1)C(=O)OCc1ccccc1. The van der Waals surface area contributed by atoms with Gasteiger partial charge in [-0.25, -0.2) is 9.59 Å². The summed E-state index contributed by atoms with van der Waals surface area (Å²) in [5.74, 6) is -3.61. The topological polar surface area (TPSA) is 137 Å². The fourth-order valence-corrected chi connectivity index (χ4v) is 4.26. The molecule has 10 nitrogen and oxygen atoms in total. The number of carbonyl (C=O) groups is 3. The maximum Gasteiger partial charge on any atom is 0.329 e. The first kappa shape index (κ1) is 31.5. The van der Waals surface area contributed by atoms with Crippen LogP contribution in [0.1, 0.15) is 31.9 Å². The Kier molecular flexibility index (Phi) is 11.6. The second-order valence-corrected chi connectivity index (χ2v) is 10.3. The first-order chi connectivity index (χ1) is 19.5. The van der Waals surface area contributed by atoms with E-state index in [0.29, 0.717) is 0 Å². The predicted octanol–water partition coefficient (Wildman–Crippen LogP) is 2.95. The van der Waals surface area contributed by atoms with E-state index in [4.69, 9.17) is 9.47 Å². The largest absolute Gasteiger partial charge is 0.459 e. The Balaban J connectivity index is 1.76. The monoisotopic (exact) mass is 565 g/mol. The highest BCUT2D eigenvalue weighted by atomic mass is 16.8. The number of carbonyl (C=O) groups excluding carboxylic acids is 3. The summed E-state index contributed by atoms with van der Waals surface area (Å²) in [6.07, 6.45) is 0.163. The summed E-state index contributed by atoms with van der Waals surface area (Å²) in [6, 6.07) is 21.1. The molecule has 3 rings (SSSR count). The van der Waals surface area contributed by atoms with Crippen LogP contribution in [-0.2, 0) is 32.1 Å². The Morgan fingerprint density at radius 3 is 2.29 bits per heavy atom. The lowest BCUT2D eigenvalue weighted by Gasteiger charge is -2.32. The fraction of sp³-hybridized carbons (Fsp3) is 0.387. The zero-order chi connectivity index (χ0) is 29.8. The van der Waals surface area contributed by atoms with Gasteiger partial charge in [0.1, 0.15) is 19.2 Å². The van der Waals surface area contributed by atoms with Crippen LogP contribution < -0.4 is 10.6 Å². The highest BCUT2D eigenvalue weighted by Gasteiger charge is 2.33. The number of rotatable bonds is 14. The van der Waals surface area contributed by atoms with Crippen LogP contribution in [0.25, 0.3) is 10.8 Å². The second-order valence-electron chi connectivity index (χ2n) is 10.3. The van der Waals surface area contributed by atoms with E-state index in [1.165, 1.54) is 11.8 Å². The van der Waals surface area contributed by atoms with Crippen LogP contribution in [0.15, 0.2) is 72.8 Å². The third kappa shape index (κ3) is 10.8. The molecule has 0 aliphatic carbocycles. The molecule has 0 spiro atoms. The van der Waals surface area contributed by atoms with Gasteiger partial charge in [-0.3, -0.25) is 4.79 Å². The standard InChI is InChI=1S/C31H39N3O7/c1-22(2)19-34(21-31(38,39)41-16-15-32-23(3)35)30(37)33-28(29(36)40-20-24-9-5-4-6-10-24)18-25-13-14-26-11-7-8-12-27(26)17-25/h4-14,17,22,28,38-39H,15-16,18-21H2,1-3H3,(H,32,35)(H,33,37)/t28-/m0/s1. The van der Waals surface area contributed by atoms with Crippen molar-refractivity contribution >= 4 is 28.7 Å². The molecule has 10 heteroatoms. The summed E-state index contributed by atoms with van der Waals surface area (Å²) in [5.41, 5.74) is 1.63. The number of benzene rings is 3. The number of hydrogen-bond acceptors (Lipinski definition) is 7. The molecule has 3 aromatic carbocycles. The molecule has 4 N–H and O–H groups in total. The minimum Gasteiger partial charge on any atom is -0.459 e. The maximum absolute atomic E-state index is 13.4. The predicted molar refractivity (Wildman–Crippen MR) is 154 cm³/mol. The number of hydrogen-bond donors (Lipinski definition) is 4. The Labute approximate surface area is 240 Å². The van der Waals surface area contributed by atoms with Crippen LogP contribution in [0.3, 0.4) is 0 Å².